The lowest BCUT2D eigenvalue weighted by Gasteiger charge is -2.44. The molecule has 0 aromatic heterocycles. The molecule has 0 saturated carbocycles. The summed E-state index contributed by atoms with van der Waals surface area (Å²) < 4.78 is 22.1. The van der Waals surface area contributed by atoms with E-state index in [-0.39, 0.29) is 20.8 Å². The van der Waals surface area contributed by atoms with Crippen molar-refractivity contribution in [2.45, 2.75) is 145 Å². The molecule has 37 heavy (non-hydrogen) atoms. The van der Waals surface area contributed by atoms with Crippen LogP contribution in [0.1, 0.15) is 54.4 Å². The summed E-state index contributed by atoms with van der Waals surface area (Å²) in [4.78, 5) is 11.6. The fourth-order valence-electron chi connectivity index (χ4n) is 5.18. The van der Waals surface area contributed by atoms with Crippen LogP contribution < -0.4 is 0 Å². The number of hydrogen-bond acceptors (Lipinski definition) is 5. The third kappa shape index (κ3) is 18.2. The molecule has 0 aliphatic heterocycles. The Hall–Kier alpha value is 0.174. The van der Waals surface area contributed by atoms with Gasteiger partial charge in [0.05, 0.1) is 6.61 Å². The first kappa shape index (κ1) is 41.7. The van der Waals surface area contributed by atoms with Gasteiger partial charge in [-0.3, -0.25) is 0 Å². The molecule has 0 aromatic carbocycles. The lowest BCUT2D eigenvalue weighted by Crippen LogP contribution is -2.59. The lowest BCUT2D eigenvalue weighted by atomic mass is 10.4. The van der Waals surface area contributed by atoms with Crippen molar-refractivity contribution in [2.24, 2.45) is 0 Å². The van der Waals surface area contributed by atoms with Crippen molar-refractivity contribution in [3.8, 4) is 0 Å². The molecular formula is C27H67NO4Si5. The zero-order valence-electron chi connectivity index (χ0n) is 25.7. The molecule has 1 atom stereocenters. The second-order valence-corrected chi connectivity index (χ2v) is 36.1. The number of ether oxygens (including phenoxy) is 1. The van der Waals surface area contributed by atoms with Crippen molar-refractivity contribution in [2.75, 3.05) is 13.2 Å². The topological polar surface area (TPSA) is 48.0 Å². The number of carbonyl (C=O) groups excluding carboxylic acids is 1. The summed E-state index contributed by atoms with van der Waals surface area (Å²) in [6, 6.07) is 3.41. The van der Waals surface area contributed by atoms with Crippen LogP contribution in [0.3, 0.4) is 0 Å². The Balaban J connectivity index is -0.00000578. The Morgan fingerprint density at radius 3 is 1.68 bits per heavy atom. The number of nitrogens with zero attached hydrogens (tertiary/aromatic N) is 1. The van der Waals surface area contributed by atoms with E-state index in [4.69, 9.17) is 13.0 Å². The zero-order chi connectivity index (χ0) is 27.7. The summed E-state index contributed by atoms with van der Waals surface area (Å²) in [6.45, 7) is 35.7. The molecule has 0 aliphatic carbocycles. The first-order chi connectivity index (χ1) is 15.6. The molecule has 0 aromatic rings. The van der Waals surface area contributed by atoms with Crippen LogP contribution in [-0.2, 0) is 17.8 Å². The average Bonchev–Trinajstić information content (AvgIpc) is 2.63. The maximum absolute atomic E-state index is 11.6. The highest BCUT2D eigenvalue weighted by molar-refractivity contribution is 6.90. The summed E-state index contributed by atoms with van der Waals surface area (Å²) in [5.74, 6) is -0.303. The standard InChI is InChI=1S/C25H59NO4Si5.2CH4/c1-15-16-22-35(14,23-17-19-26(31(4,5)6)32(7,8)9)30-34(12,13)29-33(10,11)21-18-20-28-25(27)24(2)3;;/h2,15-23H2,1,3-14H3;2*1H4. The van der Waals surface area contributed by atoms with E-state index in [1.807, 2.05) is 0 Å². The number of hydrogen-bond donors (Lipinski definition) is 0. The lowest BCUT2D eigenvalue weighted by molar-refractivity contribution is -0.138. The van der Waals surface area contributed by atoms with Gasteiger partial charge in [0.2, 0.25) is 0 Å². The van der Waals surface area contributed by atoms with Crippen LogP contribution >= 0.6 is 0 Å². The molecule has 0 spiro atoms. The number of rotatable bonds is 18. The van der Waals surface area contributed by atoms with E-state index in [1.165, 1.54) is 37.9 Å². The monoisotopic (exact) mass is 609 g/mol. The van der Waals surface area contributed by atoms with Gasteiger partial charge < -0.3 is 17.2 Å². The summed E-state index contributed by atoms with van der Waals surface area (Å²) in [7, 11) is -8.72. The molecule has 0 aliphatic rings. The minimum Gasteiger partial charge on any atom is -0.462 e. The van der Waals surface area contributed by atoms with Crippen LogP contribution in [0.4, 0.5) is 0 Å². The zero-order valence-corrected chi connectivity index (χ0v) is 30.7. The van der Waals surface area contributed by atoms with Crippen LogP contribution in [0.15, 0.2) is 12.2 Å². The molecular weight excluding hydrogens is 543 g/mol. The molecule has 0 rings (SSSR count). The molecule has 0 saturated heterocycles. The average molecular weight is 610 g/mol. The highest BCUT2D eigenvalue weighted by Crippen LogP contribution is 2.30. The normalized spacial score (nSPS) is 14.4. The number of unbranched alkanes of at least 4 members (excludes halogenated alkanes) is 1. The van der Waals surface area contributed by atoms with Gasteiger partial charge in [0.1, 0.15) is 16.5 Å². The van der Waals surface area contributed by atoms with E-state index in [0.29, 0.717) is 12.2 Å². The summed E-state index contributed by atoms with van der Waals surface area (Å²) in [6.07, 6.45) is 4.53. The SMILES string of the molecule is C.C.C=C(C)C(=O)OCCC[Si](C)(C)O[Si](C)(C)O[Si](C)(CCCC)CCCN([Si](C)(C)C)[Si](C)(C)C. The fraction of sp³-hybridized carbons (Fsp3) is 0.889. The van der Waals surface area contributed by atoms with Crippen LogP contribution in [0.2, 0.25) is 90.1 Å². The fourth-order valence-corrected chi connectivity index (χ4v) is 30.0. The predicted molar refractivity (Wildman–Crippen MR) is 180 cm³/mol. The van der Waals surface area contributed by atoms with Gasteiger partial charge in [0, 0.05) is 5.57 Å². The van der Waals surface area contributed by atoms with E-state index >= 15 is 0 Å². The van der Waals surface area contributed by atoms with E-state index in [2.05, 4.69) is 89.8 Å². The first-order valence-electron chi connectivity index (χ1n) is 13.6. The van der Waals surface area contributed by atoms with Crippen LogP contribution in [0, 0.1) is 0 Å². The maximum atomic E-state index is 11.6. The molecule has 0 N–H and O–H groups in total. The minimum atomic E-state index is -2.27. The van der Waals surface area contributed by atoms with Crippen molar-refractivity contribution in [1.82, 2.24) is 4.23 Å². The second kappa shape index (κ2) is 17.1. The molecule has 0 fully saturated rings. The number of esters is 1. The summed E-state index contributed by atoms with van der Waals surface area (Å²) >= 11 is 0. The van der Waals surface area contributed by atoms with Gasteiger partial charge in [0.15, 0.2) is 16.6 Å². The van der Waals surface area contributed by atoms with Gasteiger partial charge in [-0.15, -0.1) is 0 Å². The van der Waals surface area contributed by atoms with Gasteiger partial charge in [-0.2, -0.15) is 0 Å². The molecule has 0 amide bonds. The van der Waals surface area contributed by atoms with Crippen LogP contribution in [0.5, 0.6) is 0 Å². The van der Waals surface area contributed by atoms with Crippen molar-refractivity contribution >= 4 is 47.6 Å². The first-order valence-corrected chi connectivity index (χ1v) is 29.3. The van der Waals surface area contributed by atoms with Gasteiger partial charge in [-0.1, -0.05) is 80.5 Å². The van der Waals surface area contributed by atoms with Gasteiger partial charge in [-0.05, 0) is 77.2 Å². The van der Waals surface area contributed by atoms with E-state index < -0.39 is 41.7 Å². The minimum absolute atomic E-state index is 0. The van der Waals surface area contributed by atoms with E-state index in [9.17, 15) is 4.79 Å². The Labute approximate surface area is 238 Å². The summed E-state index contributed by atoms with van der Waals surface area (Å²) in [5, 5.41) is 0. The Morgan fingerprint density at radius 2 is 1.24 bits per heavy atom. The second-order valence-electron chi connectivity index (χ2n) is 13.5. The summed E-state index contributed by atoms with van der Waals surface area (Å²) in [5.41, 5.74) is 0.453. The molecule has 5 nitrogen and oxygen atoms in total. The smallest absolute Gasteiger partial charge is 0.333 e. The van der Waals surface area contributed by atoms with Crippen molar-refractivity contribution in [1.29, 1.82) is 0 Å². The predicted octanol–water partition coefficient (Wildman–Crippen LogP) is 9.45. The van der Waals surface area contributed by atoms with Crippen molar-refractivity contribution in [3.63, 3.8) is 0 Å². The maximum Gasteiger partial charge on any atom is 0.333 e. The molecule has 1 unspecified atom stereocenters. The molecule has 0 radical (unpaired) electrons. The van der Waals surface area contributed by atoms with E-state index in [0.717, 1.165) is 12.5 Å². The van der Waals surface area contributed by atoms with Gasteiger partial charge in [-0.25, -0.2) is 4.79 Å². The van der Waals surface area contributed by atoms with Gasteiger partial charge in [0.25, 0.3) is 0 Å². The third-order valence-corrected chi connectivity index (χ3v) is 26.5. The Bertz CT molecular complexity index is 661. The van der Waals surface area contributed by atoms with Crippen LogP contribution in [0.25, 0.3) is 0 Å². The van der Waals surface area contributed by atoms with E-state index in [1.54, 1.807) is 6.92 Å². The Morgan fingerprint density at radius 1 is 0.757 bits per heavy atom. The third-order valence-electron chi connectivity index (χ3n) is 6.29. The largest absolute Gasteiger partial charge is 0.462 e. The molecule has 0 heterocycles. The molecule has 224 valence electrons. The van der Waals surface area contributed by atoms with Gasteiger partial charge >= 0.3 is 14.5 Å². The van der Waals surface area contributed by atoms with Crippen molar-refractivity contribution < 1.29 is 17.8 Å². The number of carbonyl (C=O) groups is 1. The quantitative estimate of drug-likeness (QED) is 0.0670. The molecule has 0 bridgehead atoms. The van der Waals surface area contributed by atoms with Crippen LogP contribution in [-0.4, -0.2) is 65.0 Å². The van der Waals surface area contributed by atoms with Crippen molar-refractivity contribution in [3.05, 3.63) is 12.2 Å². The highest BCUT2D eigenvalue weighted by Gasteiger charge is 2.42. The molecule has 10 heteroatoms. The Kier molecular flexibility index (Phi) is 19.2. The highest BCUT2D eigenvalue weighted by atomic mass is 28.5.